The first kappa shape index (κ1) is 24.8. The molecule has 0 bridgehead atoms. The number of carbonyl (C=O) groups excluding carboxylic acids is 3. The van der Waals surface area contributed by atoms with Crippen LogP contribution in [0.15, 0.2) is 53.4 Å². The molecule has 32 heavy (non-hydrogen) atoms. The van der Waals surface area contributed by atoms with Gasteiger partial charge < -0.3 is 20.3 Å². The van der Waals surface area contributed by atoms with E-state index < -0.39 is 22.5 Å². The van der Waals surface area contributed by atoms with Crippen molar-refractivity contribution >= 4 is 39.1 Å². The molecule has 0 aliphatic rings. The van der Waals surface area contributed by atoms with Gasteiger partial charge >= 0.3 is 0 Å². The number of nitrogens with zero attached hydrogens (tertiary/aromatic N) is 2. The number of benzene rings is 2. The summed E-state index contributed by atoms with van der Waals surface area (Å²) in [5.74, 6) is -0.518. The van der Waals surface area contributed by atoms with Crippen molar-refractivity contribution in [3.8, 4) is 5.75 Å². The molecule has 0 aliphatic carbocycles. The summed E-state index contributed by atoms with van der Waals surface area (Å²) in [6.45, 7) is 0.849. The van der Waals surface area contributed by atoms with Gasteiger partial charge in [0.1, 0.15) is 5.75 Å². The highest BCUT2D eigenvalue weighted by molar-refractivity contribution is 7.89. The van der Waals surface area contributed by atoms with Gasteiger partial charge in [0.05, 0.1) is 11.4 Å². The minimum absolute atomic E-state index is 0.00400. The van der Waals surface area contributed by atoms with E-state index in [9.17, 15) is 22.8 Å². The highest BCUT2D eigenvalue weighted by Gasteiger charge is 2.23. The van der Waals surface area contributed by atoms with Gasteiger partial charge in [0, 0.05) is 39.4 Å². The fourth-order valence-electron chi connectivity index (χ4n) is 2.49. The Hall–Kier alpha value is -3.44. The number of hydrogen-bond acceptors (Lipinski definition) is 6. The lowest BCUT2D eigenvalue weighted by atomic mass is 10.3. The first-order valence-corrected chi connectivity index (χ1v) is 11.0. The molecule has 2 aromatic carbocycles. The van der Waals surface area contributed by atoms with Crippen LogP contribution in [0.3, 0.4) is 0 Å². The zero-order chi connectivity index (χ0) is 23.9. The molecule has 0 spiro atoms. The molecule has 0 radical (unpaired) electrons. The van der Waals surface area contributed by atoms with Crippen LogP contribution in [0.4, 0.5) is 11.4 Å². The van der Waals surface area contributed by atoms with Crippen LogP contribution >= 0.6 is 0 Å². The maximum absolute atomic E-state index is 12.7. The molecule has 0 aromatic heterocycles. The third-order valence-electron chi connectivity index (χ3n) is 4.25. The first-order chi connectivity index (χ1) is 15.0. The summed E-state index contributed by atoms with van der Waals surface area (Å²) in [6, 6.07) is 12.0. The van der Waals surface area contributed by atoms with Crippen LogP contribution in [-0.4, -0.2) is 69.6 Å². The summed E-state index contributed by atoms with van der Waals surface area (Å²) in [7, 11) is 0.659. The summed E-state index contributed by atoms with van der Waals surface area (Å²) in [4.78, 5) is 36.3. The van der Waals surface area contributed by atoms with Gasteiger partial charge in [-0.05, 0) is 48.5 Å². The number of amides is 3. The van der Waals surface area contributed by atoms with Gasteiger partial charge in [0.2, 0.25) is 21.8 Å². The third-order valence-corrected chi connectivity index (χ3v) is 6.07. The van der Waals surface area contributed by atoms with Gasteiger partial charge in [-0.25, -0.2) is 8.42 Å². The van der Waals surface area contributed by atoms with Gasteiger partial charge in [-0.1, -0.05) is 0 Å². The van der Waals surface area contributed by atoms with Crippen LogP contribution in [0.1, 0.15) is 6.92 Å². The molecule has 10 nitrogen and oxygen atoms in total. The molecular formula is C21H26N4O6S. The zero-order valence-electron chi connectivity index (χ0n) is 18.3. The van der Waals surface area contributed by atoms with E-state index in [1.807, 2.05) is 0 Å². The Morgan fingerprint density at radius 1 is 0.875 bits per heavy atom. The minimum atomic E-state index is -3.90. The third kappa shape index (κ3) is 7.06. The molecule has 2 rings (SSSR count). The number of likely N-dealkylation sites (N-methyl/N-ethyl adjacent to an activating group) is 2. The van der Waals surface area contributed by atoms with Gasteiger partial charge in [-0.2, -0.15) is 4.31 Å². The maximum Gasteiger partial charge on any atom is 0.259 e. The van der Waals surface area contributed by atoms with E-state index in [1.165, 1.54) is 43.1 Å². The van der Waals surface area contributed by atoms with Gasteiger partial charge in [0.25, 0.3) is 5.91 Å². The second kappa shape index (κ2) is 10.7. The van der Waals surface area contributed by atoms with E-state index in [0.717, 1.165) is 4.31 Å². The predicted molar refractivity (Wildman–Crippen MR) is 120 cm³/mol. The van der Waals surface area contributed by atoms with Crippen LogP contribution in [0.2, 0.25) is 0 Å². The molecule has 2 N–H and O–H groups in total. The van der Waals surface area contributed by atoms with Crippen molar-refractivity contribution in [1.29, 1.82) is 0 Å². The Morgan fingerprint density at radius 2 is 1.41 bits per heavy atom. The number of hydrogen-bond donors (Lipinski definition) is 2. The number of anilines is 2. The van der Waals surface area contributed by atoms with Crippen LogP contribution in [0.5, 0.6) is 5.75 Å². The van der Waals surface area contributed by atoms with Crippen molar-refractivity contribution < 1.29 is 27.5 Å². The number of nitrogens with one attached hydrogen (secondary N) is 2. The Morgan fingerprint density at radius 3 is 1.94 bits per heavy atom. The number of carbonyl (C=O) groups is 3. The van der Waals surface area contributed by atoms with E-state index in [-0.39, 0.29) is 23.3 Å². The monoisotopic (exact) mass is 462 g/mol. The van der Waals surface area contributed by atoms with Crippen molar-refractivity contribution in [1.82, 2.24) is 9.21 Å². The molecule has 0 saturated carbocycles. The van der Waals surface area contributed by atoms with E-state index in [1.54, 1.807) is 38.4 Å². The minimum Gasteiger partial charge on any atom is -0.484 e. The van der Waals surface area contributed by atoms with Crippen LogP contribution in [-0.2, 0) is 24.4 Å². The summed E-state index contributed by atoms with van der Waals surface area (Å²) >= 11 is 0. The van der Waals surface area contributed by atoms with E-state index in [2.05, 4.69) is 10.6 Å². The smallest absolute Gasteiger partial charge is 0.259 e. The number of sulfonamides is 1. The largest absolute Gasteiger partial charge is 0.484 e. The lowest BCUT2D eigenvalue weighted by molar-refractivity contribution is -0.130. The summed E-state index contributed by atoms with van der Waals surface area (Å²) in [6.07, 6.45) is 0. The van der Waals surface area contributed by atoms with Crippen molar-refractivity contribution in [3.63, 3.8) is 0 Å². The van der Waals surface area contributed by atoms with Crippen molar-refractivity contribution in [2.75, 3.05) is 44.9 Å². The number of rotatable bonds is 9. The Balaban J connectivity index is 1.94. The summed E-state index contributed by atoms with van der Waals surface area (Å²) in [5, 5.41) is 5.17. The average Bonchev–Trinajstić information content (AvgIpc) is 2.72. The quantitative estimate of drug-likeness (QED) is 0.580. The Labute approximate surface area is 187 Å². The lowest BCUT2D eigenvalue weighted by Gasteiger charge is -2.17. The molecule has 172 valence electrons. The van der Waals surface area contributed by atoms with Crippen molar-refractivity contribution in [2.24, 2.45) is 0 Å². The molecular weight excluding hydrogens is 436 g/mol. The molecule has 2 aromatic rings. The van der Waals surface area contributed by atoms with Gasteiger partial charge in [-0.3, -0.25) is 14.4 Å². The molecule has 0 aliphatic heterocycles. The second-order valence-electron chi connectivity index (χ2n) is 7.12. The molecule has 0 unspecified atom stereocenters. The Kier molecular flexibility index (Phi) is 8.33. The lowest BCUT2D eigenvalue weighted by Crippen LogP contribution is -2.34. The topological polar surface area (TPSA) is 125 Å². The standard InChI is InChI=1S/C21H26N4O6S/c1-15(26)22-16-7-11-19(12-8-16)32(29,30)25(4)13-20(27)23-17-5-9-18(10-6-17)31-14-21(28)24(2)3/h5-12H,13-14H2,1-4H3,(H,22,26)(H,23,27). The van der Waals surface area contributed by atoms with Crippen molar-refractivity contribution in [3.05, 3.63) is 48.5 Å². The predicted octanol–water partition coefficient (Wildman–Crippen LogP) is 1.37. The highest BCUT2D eigenvalue weighted by atomic mass is 32.2. The van der Waals surface area contributed by atoms with E-state index in [0.29, 0.717) is 17.1 Å². The zero-order valence-corrected chi connectivity index (χ0v) is 19.1. The molecule has 0 atom stereocenters. The van der Waals surface area contributed by atoms with Crippen LogP contribution in [0.25, 0.3) is 0 Å². The molecule has 0 heterocycles. The summed E-state index contributed by atoms with van der Waals surface area (Å²) < 4.78 is 31.7. The van der Waals surface area contributed by atoms with Crippen LogP contribution in [0, 0.1) is 0 Å². The number of ether oxygens (including phenoxy) is 1. The highest BCUT2D eigenvalue weighted by Crippen LogP contribution is 2.19. The summed E-state index contributed by atoms with van der Waals surface area (Å²) in [5.41, 5.74) is 0.919. The SMILES string of the molecule is CC(=O)Nc1ccc(S(=O)(=O)N(C)CC(=O)Nc2ccc(OCC(=O)N(C)C)cc2)cc1. The maximum atomic E-state index is 12.7. The molecule has 11 heteroatoms. The molecule has 3 amide bonds. The van der Waals surface area contributed by atoms with Gasteiger partial charge in [0.15, 0.2) is 6.61 Å². The fraction of sp³-hybridized carbons (Fsp3) is 0.286. The van der Waals surface area contributed by atoms with E-state index >= 15 is 0 Å². The fourth-order valence-corrected chi connectivity index (χ4v) is 3.62. The second-order valence-corrected chi connectivity index (χ2v) is 9.16. The van der Waals surface area contributed by atoms with Crippen LogP contribution < -0.4 is 15.4 Å². The first-order valence-electron chi connectivity index (χ1n) is 9.56. The Bertz CT molecular complexity index is 1070. The van der Waals surface area contributed by atoms with Gasteiger partial charge in [-0.15, -0.1) is 0 Å². The normalized spacial score (nSPS) is 11.0. The average molecular weight is 463 g/mol. The van der Waals surface area contributed by atoms with Crippen molar-refractivity contribution in [2.45, 2.75) is 11.8 Å². The molecule has 0 saturated heterocycles. The molecule has 0 fully saturated rings. The van der Waals surface area contributed by atoms with E-state index in [4.69, 9.17) is 4.74 Å².